The first-order valence-electron chi connectivity index (χ1n) is 4.44. The Morgan fingerprint density at radius 2 is 2.31 bits per heavy atom. The number of anilines is 1. The van der Waals surface area contributed by atoms with Crippen molar-refractivity contribution < 1.29 is 4.79 Å². The summed E-state index contributed by atoms with van der Waals surface area (Å²) in [5, 5.41) is 0. The van der Waals surface area contributed by atoms with Crippen molar-refractivity contribution in [2.75, 3.05) is 11.4 Å². The number of hydrogen-bond donors (Lipinski definition) is 0. The summed E-state index contributed by atoms with van der Waals surface area (Å²) in [6, 6.07) is 1.77. The van der Waals surface area contributed by atoms with Crippen LogP contribution in [0.5, 0.6) is 0 Å². The van der Waals surface area contributed by atoms with E-state index in [1.54, 1.807) is 17.2 Å². The van der Waals surface area contributed by atoms with E-state index < -0.39 is 0 Å². The van der Waals surface area contributed by atoms with Crippen LogP contribution in [0.15, 0.2) is 18.6 Å². The van der Waals surface area contributed by atoms with E-state index in [1.165, 1.54) is 6.33 Å². The molecule has 1 aliphatic heterocycles. The summed E-state index contributed by atoms with van der Waals surface area (Å²) >= 11 is 0. The largest absolute Gasteiger partial charge is 0.297 e. The topological polar surface area (TPSA) is 46.1 Å². The highest BCUT2D eigenvalue weighted by Crippen LogP contribution is 2.16. The summed E-state index contributed by atoms with van der Waals surface area (Å²) in [6.45, 7) is 0.788. The standard InChI is InChI=1S/C9H11N3O/c13-9-3-1-2-6-12(9)8-4-5-10-7-11-8/h4-5,7H,1-3,6H2. The Morgan fingerprint density at radius 1 is 1.38 bits per heavy atom. The van der Waals surface area contributed by atoms with Crippen molar-refractivity contribution >= 4 is 11.7 Å². The van der Waals surface area contributed by atoms with Crippen molar-refractivity contribution in [3.63, 3.8) is 0 Å². The van der Waals surface area contributed by atoms with Crippen molar-refractivity contribution in [1.82, 2.24) is 9.97 Å². The molecule has 1 aromatic heterocycles. The van der Waals surface area contributed by atoms with Crippen molar-refractivity contribution in [3.8, 4) is 0 Å². The van der Waals surface area contributed by atoms with Gasteiger partial charge in [-0.3, -0.25) is 9.69 Å². The van der Waals surface area contributed by atoms with Gasteiger partial charge in [-0.05, 0) is 18.9 Å². The molecular formula is C9H11N3O. The third kappa shape index (κ3) is 1.66. The predicted octanol–water partition coefficient (Wildman–Crippen LogP) is 0.993. The van der Waals surface area contributed by atoms with E-state index in [1.807, 2.05) is 0 Å². The van der Waals surface area contributed by atoms with E-state index in [9.17, 15) is 4.79 Å². The van der Waals surface area contributed by atoms with Crippen LogP contribution in [0.4, 0.5) is 5.82 Å². The van der Waals surface area contributed by atoms with Gasteiger partial charge in [-0.2, -0.15) is 0 Å². The molecule has 2 heterocycles. The molecule has 68 valence electrons. The van der Waals surface area contributed by atoms with Gasteiger partial charge in [0.1, 0.15) is 12.1 Å². The molecule has 2 rings (SSSR count). The normalized spacial score (nSPS) is 17.5. The Bertz CT molecular complexity index is 299. The lowest BCUT2D eigenvalue weighted by Gasteiger charge is -2.25. The lowest BCUT2D eigenvalue weighted by atomic mass is 10.1. The van der Waals surface area contributed by atoms with Crippen LogP contribution in [0.1, 0.15) is 19.3 Å². The summed E-state index contributed by atoms with van der Waals surface area (Å²) in [7, 11) is 0. The van der Waals surface area contributed by atoms with Gasteiger partial charge in [0.25, 0.3) is 0 Å². The van der Waals surface area contributed by atoms with Gasteiger partial charge in [-0.15, -0.1) is 0 Å². The summed E-state index contributed by atoms with van der Waals surface area (Å²) in [5.74, 6) is 0.893. The number of amides is 1. The van der Waals surface area contributed by atoms with E-state index in [2.05, 4.69) is 9.97 Å². The molecule has 0 bridgehead atoms. The molecule has 1 amide bonds. The fourth-order valence-corrected chi connectivity index (χ4v) is 1.49. The minimum absolute atomic E-state index is 0.171. The molecule has 0 spiro atoms. The van der Waals surface area contributed by atoms with Gasteiger partial charge in [0.15, 0.2) is 0 Å². The molecule has 1 saturated heterocycles. The molecule has 0 atom stereocenters. The average molecular weight is 177 g/mol. The van der Waals surface area contributed by atoms with Gasteiger partial charge in [0.05, 0.1) is 0 Å². The number of hydrogen-bond acceptors (Lipinski definition) is 3. The van der Waals surface area contributed by atoms with E-state index >= 15 is 0 Å². The molecule has 4 heteroatoms. The first-order chi connectivity index (χ1) is 6.38. The molecule has 1 aliphatic rings. The van der Waals surface area contributed by atoms with Crippen LogP contribution >= 0.6 is 0 Å². The molecule has 0 aromatic carbocycles. The SMILES string of the molecule is O=C1CCCCN1c1ccncn1. The summed E-state index contributed by atoms with van der Waals surface area (Å²) in [4.78, 5) is 21.1. The van der Waals surface area contributed by atoms with E-state index in [0.29, 0.717) is 6.42 Å². The van der Waals surface area contributed by atoms with Crippen molar-refractivity contribution in [2.24, 2.45) is 0 Å². The molecule has 13 heavy (non-hydrogen) atoms. The second kappa shape index (κ2) is 3.51. The van der Waals surface area contributed by atoms with Crippen molar-refractivity contribution in [1.29, 1.82) is 0 Å². The number of carbonyl (C=O) groups excluding carboxylic acids is 1. The number of piperidine rings is 1. The Kier molecular flexibility index (Phi) is 2.21. The second-order valence-corrected chi connectivity index (χ2v) is 3.07. The maximum absolute atomic E-state index is 11.5. The molecule has 0 aliphatic carbocycles. The zero-order valence-corrected chi connectivity index (χ0v) is 7.31. The number of rotatable bonds is 1. The Morgan fingerprint density at radius 3 is 3.00 bits per heavy atom. The fourth-order valence-electron chi connectivity index (χ4n) is 1.49. The molecule has 4 nitrogen and oxygen atoms in total. The minimum Gasteiger partial charge on any atom is -0.297 e. The van der Waals surface area contributed by atoms with Gasteiger partial charge >= 0.3 is 0 Å². The van der Waals surface area contributed by atoms with E-state index in [4.69, 9.17) is 0 Å². The smallest absolute Gasteiger partial charge is 0.228 e. The van der Waals surface area contributed by atoms with Crippen molar-refractivity contribution in [3.05, 3.63) is 18.6 Å². The molecule has 0 unspecified atom stereocenters. The Labute approximate surface area is 76.6 Å². The highest BCUT2D eigenvalue weighted by molar-refractivity contribution is 5.92. The summed E-state index contributed by atoms with van der Waals surface area (Å²) in [6.07, 6.45) is 5.83. The molecule has 0 N–H and O–H groups in total. The Hall–Kier alpha value is -1.45. The highest BCUT2D eigenvalue weighted by Gasteiger charge is 2.19. The predicted molar refractivity (Wildman–Crippen MR) is 48.2 cm³/mol. The van der Waals surface area contributed by atoms with Crippen molar-refractivity contribution in [2.45, 2.75) is 19.3 Å². The van der Waals surface area contributed by atoms with Crippen LogP contribution in [0.2, 0.25) is 0 Å². The number of carbonyl (C=O) groups is 1. The summed E-state index contributed by atoms with van der Waals surface area (Å²) < 4.78 is 0. The average Bonchev–Trinajstić information content (AvgIpc) is 2.20. The molecule has 0 saturated carbocycles. The number of aromatic nitrogens is 2. The lowest BCUT2D eigenvalue weighted by molar-refractivity contribution is -0.119. The van der Waals surface area contributed by atoms with Crippen LogP contribution in [0.25, 0.3) is 0 Å². The fraction of sp³-hybridized carbons (Fsp3) is 0.444. The zero-order chi connectivity index (χ0) is 9.10. The quantitative estimate of drug-likeness (QED) is 0.642. The maximum Gasteiger partial charge on any atom is 0.228 e. The van der Waals surface area contributed by atoms with Crippen LogP contribution < -0.4 is 4.90 Å². The molecule has 1 aromatic rings. The second-order valence-electron chi connectivity index (χ2n) is 3.07. The first kappa shape index (κ1) is 8.16. The summed E-state index contributed by atoms with van der Waals surface area (Å²) in [5.41, 5.74) is 0. The monoisotopic (exact) mass is 177 g/mol. The van der Waals surface area contributed by atoms with Gasteiger partial charge in [-0.1, -0.05) is 0 Å². The molecule has 1 fully saturated rings. The van der Waals surface area contributed by atoms with Crippen LogP contribution in [-0.2, 0) is 4.79 Å². The third-order valence-electron chi connectivity index (χ3n) is 2.17. The Balaban J connectivity index is 2.20. The van der Waals surface area contributed by atoms with Gasteiger partial charge in [0.2, 0.25) is 5.91 Å². The highest BCUT2D eigenvalue weighted by atomic mass is 16.2. The van der Waals surface area contributed by atoms with Gasteiger partial charge in [0, 0.05) is 19.2 Å². The maximum atomic E-state index is 11.5. The van der Waals surface area contributed by atoms with Crippen LogP contribution in [0.3, 0.4) is 0 Å². The van der Waals surface area contributed by atoms with Crippen LogP contribution in [0, 0.1) is 0 Å². The number of nitrogens with zero attached hydrogens (tertiary/aromatic N) is 3. The minimum atomic E-state index is 0.171. The first-order valence-corrected chi connectivity index (χ1v) is 4.44. The van der Waals surface area contributed by atoms with E-state index in [-0.39, 0.29) is 5.91 Å². The van der Waals surface area contributed by atoms with Gasteiger partial charge in [-0.25, -0.2) is 9.97 Å². The van der Waals surface area contributed by atoms with E-state index in [0.717, 1.165) is 25.2 Å². The van der Waals surface area contributed by atoms with Gasteiger partial charge < -0.3 is 0 Å². The molecule has 0 radical (unpaired) electrons. The third-order valence-corrected chi connectivity index (χ3v) is 2.17. The lowest BCUT2D eigenvalue weighted by Crippen LogP contribution is -2.35. The molecular weight excluding hydrogens is 166 g/mol. The van der Waals surface area contributed by atoms with Crippen LogP contribution in [-0.4, -0.2) is 22.4 Å². The zero-order valence-electron chi connectivity index (χ0n) is 7.31.